The maximum absolute atomic E-state index is 13.3. The fourth-order valence-electron chi connectivity index (χ4n) is 4.63. The lowest BCUT2D eigenvalue weighted by molar-refractivity contribution is -0.130. The molecule has 1 aliphatic rings. The summed E-state index contributed by atoms with van der Waals surface area (Å²) in [4.78, 5) is 15.2. The molecule has 35 heavy (non-hydrogen) atoms. The van der Waals surface area contributed by atoms with Gasteiger partial charge in [0.2, 0.25) is 5.91 Å². The molecular weight excluding hydrogens is 438 g/mol. The standard InChI is InChI=1S/C30H33NO4/c1-34-27-16-15-24(21-28(27)35-2)25(14-13-23-9-5-3-6-10-23)22-29(32)31-19-17-30(33,18-20-31)26-11-7-4-8-12-26/h3-12,15-16,21-22,33H,13-14,17-20H2,1-2H3/b25-22-. The third kappa shape index (κ3) is 5.92. The second-order valence-corrected chi connectivity index (χ2v) is 8.95. The Morgan fingerprint density at radius 3 is 2.17 bits per heavy atom. The number of allylic oxidation sites excluding steroid dienone is 1. The number of hydrogen-bond donors (Lipinski definition) is 1. The van der Waals surface area contributed by atoms with Crippen LogP contribution >= 0.6 is 0 Å². The van der Waals surface area contributed by atoms with Crippen LogP contribution in [0.3, 0.4) is 0 Å². The van der Waals surface area contributed by atoms with E-state index in [-0.39, 0.29) is 5.91 Å². The highest BCUT2D eigenvalue weighted by molar-refractivity contribution is 5.95. The molecule has 1 aliphatic heterocycles. The predicted molar refractivity (Wildman–Crippen MR) is 138 cm³/mol. The molecule has 1 fully saturated rings. The van der Waals surface area contributed by atoms with E-state index in [0.29, 0.717) is 43.9 Å². The van der Waals surface area contributed by atoms with E-state index in [1.807, 2.05) is 71.6 Å². The van der Waals surface area contributed by atoms with Gasteiger partial charge in [0.25, 0.3) is 0 Å². The molecule has 0 spiro atoms. The Morgan fingerprint density at radius 1 is 0.914 bits per heavy atom. The van der Waals surface area contributed by atoms with E-state index in [4.69, 9.17) is 9.47 Å². The van der Waals surface area contributed by atoms with Crippen molar-refractivity contribution < 1.29 is 19.4 Å². The lowest BCUT2D eigenvalue weighted by atomic mass is 9.84. The molecule has 3 aromatic carbocycles. The zero-order valence-electron chi connectivity index (χ0n) is 20.4. The maximum atomic E-state index is 13.3. The van der Waals surface area contributed by atoms with Crippen molar-refractivity contribution in [1.29, 1.82) is 0 Å². The second-order valence-electron chi connectivity index (χ2n) is 8.95. The quantitative estimate of drug-likeness (QED) is 0.457. The van der Waals surface area contributed by atoms with Gasteiger partial charge in [0.05, 0.1) is 19.8 Å². The summed E-state index contributed by atoms with van der Waals surface area (Å²) in [5.74, 6) is 1.26. The highest BCUT2D eigenvalue weighted by Gasteiger charge is 2.35. The van der Waals surface area contributed by atoms with E-state index in [9.17, 15) is 9.90 Å². The smallest absolute Gasteiger partial charge is 0.246 e. The maximum Gasteiger partial charge on any atom is 0.246 e. The molecule has 0 unspecified atom stereocenters. The summed E-state index contributed by atoms with van der Waals surface area (Å²) in [6.07, 6.45) is 4.32. The molecule has 1 saturated heterocycles. The third-order valence-electron chi connectivity index (χ3n) is 6.79. The molecule has 0 saturated carbocycles. The van der Waals surface area contributed by atoms with Crippen molar-refractivity contribution in [3.8, 4) is 11.5 Å². The number of likely N-dealkylation sites (tertiary alicyclic amines) is 1. The number of aliphatic hydroxyl groups is 1. The van der Waals surface area contributed by atoms with Crippen molar-refractivity contribution in [3.05, 3.63) is 102 Å². The summed E-state index contributed by atoms with van der Waals surface area (Å²) in [6.45, 7) is 1.03. The number of piperidine rings is 1. The number of carbonyl (C=O) groups is 1. The Kier molecular flexibility index (Phi) is 7.88. The van der Waals surface area contributed by atoms with Gasteiger partial charge < -0.3 is 19.5 Å². The Hall–Kier alpha value is -3.57. The van der Waals surface area contributed by atoms with Gasteiger partial charge in [-0.3, -0.25) is 4.79 Å². The largest absolute Gasteiger partial charge is 0.493 e. The van der Waals surface area contributed by atoms with E-state index in [2.05, 4.69) is 12.1 Å². The van der Waals surface area contributed by atoms with Crippen LogP contribution in [0.15, 0.2) is 84.9 Å². The molecule has 182 valence electrons. The van der Waals surface area contributed by atoms with Crippen molar-refractivity contribution in [2.75, 3.05) is 27.3 Å². The van der Waals surface area contributed by atoms with Gasteiger partial charge in [0.15, 0.2) is 11.5 Å². The molecule has 1 heterocycles. The van der Waals surface area contributed by atoms with Crippen molar-refractivity contribution >= 4 is 11.5 Å². The first-order valence-electron chi connectivity index (χ1n) is 12.1. The molecule has 5 heteroatoms. The fraction of sp³-hybridized carbons (Fsp3) is 0.300. The average Bonchev–Trinajstić information content (AvgIpc) is 2.92. The molecule has 0 atom stereocenters. The van der Waals surface area contributed by atoms with Crippen LogP contribution < -0.4 is 9.47 Å². The second kappa shape index (κ2) is 11.2. The van der Waals surface area contributed by atoms with Crippen molar-refractivity contribution in [3.63, 3.8) is 0 Å². The normalized spacial score (nSPS) is 15.5. The average molecular weight is 472 g/mol. The van der Waals surface area contributed by atoms with Gasteiger partial charge in [-0.05, 0) is 60.1 Å². The summed E-state index contributed by atoms with van der Waals surface area (Å²) in [7, 11) is 3.22. The molecule has 0 radical (unpaired) electrons. The van der Waals surface area contributed by atoms with Crippen molar-refractivity contribution in [2.24, 2.45) is 0 Å². The molecule has 1 amide bonds. The molecule has 0 bridgehead atoms. The number of nitrogens with zero attached hydrogens (tertiary/aromatic N) is 1. The Morgan fingerprint density at radius 2 is 1.54 bits per heavy atom. The van der Waals surface area contributed by atoms with Crippen molar-refractivity contribution in [1.82, 2.24) is 4.90 Å². The van der Waals surface area contributed by atoms with Gasteiger partial charge >= 0.3 is 0 Å². The molecule has 1 N–H and O–H groups in total. The number of aryl methyl sites for hydroxylation is 1. The number of ether oxygens (including phenoxy) is 2. The number of methoxy groups -OCH3 is 2. The van der Waals surface area contributed by atoms with E-state index < -0.39 is 5.60 Å². The van der Waals surface area contributed by atoms with Crippen LogP contribution in [0.5, 0.6) is 11.5 Å². The van der Waals surface area contributed by atoms with Gasteiger partial charge in [0, 0.05) is 19.2 Å². The molecule has 3 aromatic rings. The first kappa shape index (κ1) is 24.6. The Balaban J connectivity index is 1.54. The van der Waals surface area contributed by atoms with Crippen LogP contribution in [0.4, 0.5) is 0 Å². The molecular formula is C30H33NO4. The number of amides is 1. The summed E-state index contributed by atoms with van der Waals surface area (Å²) < 4.78 is 10.9. The van der Waals surface area contributed by atoms with Gasteiger partial charge in [-0.15, -0.1) is 0 Å². The third-order valence-corrected chi connectivity index (χ3v) is 6.79. The highest BCUT2D eigenvalue weighted by atomic mass is 16.5. The van der Waals surface area contributed by atoms with E-state index in [1.165, 1.54) is 5.56 Å². The minimum atomic E-state index is -0.888. The molecule has 0 aliphatic carbocycles. The topological polar surface area (TPSA) is 59.0 Å². The number of rotatable bonds is 8. The van der Waals surface area contributed by atoms with Gasteiger partial charge in [-0.2, -0.15) is 0 Å². The van der Waals surface area contributed by atoms with Crippen LogP contribution in [-0.2, 0) is 16.8 Å². The zero-order valence-corrected chi connectivity index (χ0v) is 20.4. The highest BCUT2D eigenvalue weighted by Crippen LogP contribution is 2.34. The van der Waals surface area contributed by atoms with Gasteiger partial charge in [-0.1, -0.05) is 66.7 Å². The first-order valence-corrected chi connectivity index (χ1v) is 12.1. The van der Waals surface area contributed by atoms with Gasteiger partial charge in [-0.25, -0.2) is 0 Å². The number of hydrogen-bond acceptors (Lipinski definition) is 4. The first-order chi connectivity index (χ1) is 17.0. The van der Waals surface area contributed by atoms with Crippen molar-refractivity contribution in [2.45, 2.75) is 31.3 Å². The summed E-state index contributed by atoms with van der Waals surface area (Å²) in [5, 5.41) is 11.1. The minimum Gasteiger partial charge on any atom is -0.493 e. The van der Waals surface area contributed by atoms with E-state index in [0.717, 1.165) is 23.1 Å². The lowest BCUT2D eigenvalue weighted by Crippen LogP contribution is -2.44. The van der Waals surface area contributed by atoms with Crippen LogP contribution in [0, 0.1) is 0 Å². The number of carbonyl (C=O) groups excluding carboxylic acids is 1. The predicted octanol–water partition coefficient (Wildman–Crippen LogP) is 5.23. The lowest BCUT2D eigenvalue weighted by Gasteiger charge is -2.38. The SMILES string of the molecule is COc1ccc(/C(=C\C(=O)N2CCC(O)(c3ccccc3)CC2)CCc2ccccc2)cc1OC. The van der Waals surface area contributed by atoms with Gasteiger partial charge in [0.1, 0.15) is 0 Å². The monoisotopic (exact) mass is 471 g/mol. The van der Waals surface area contributed by atoms with E-state index >= 15 is 0 Å². The van der Waals surface area contributed by atoms with Crippen LogP contribution in [-0.4, -0.2) is 43.2 Å². The Labute approximate surface area is 207 Å². The zero-order chi connectivity index (χ0) is 24.7. The summed E-state index contributed by atoms with van der Waals surface area (Å²) >= 11 is 0. The molecule has 4 rings (SSSR count). The number of benzene rings is 3. The fourth-order valence-corrected chi connectivity index (χ4v) is 4.63. The van der Waals surface area contributed by atoms with E-state index in [1.54, 1.807) is 20.3 Å². The van der Waals surface area contributed by atoms with Crippen LogP contribution in [0.2, 0.25) is 0 Å². The summed E-state index contributed by atoms with van der Waals surface area (Å²) in [5.41, 5.74) is 3.13. The molecule has 5 nitrogen and oxygen atoms in total. The Bertz CT molecular complexity index is 1150. The molecule has 0 aromatic heterocycles. The van der Waals surface area contributed by atoms with Crippen LogP contribution in [0.1, 0.15) is 36.0 Å². The minimum absolute atomic E-state index is 0.0297. The summed E-state index contributed by atoms with van der Waals surface area (Å²) in [6, 6.07) is 25.8. The van der Waals surface area contributed by atoms with Crippen LogP contribution in [0.25, 0.3) is 5.57 Å².